The molecule has 1 heterocycles. The van der Waals surface area contributed by atoms with Crippen LogP contribution in [0.3, 0.4) is 0 Å². The van der Waals surface area contributed by atoms with Gasteiger partial charge in [0, 0.05) is 6.42 Å². The van der Waals surface area contributed by atoms with Gasteiger partial charge in [-0.3, -0.25) is 0 Å². The van der Waals surface area contributed by atoms with Gasteiger partial charge in [0.25, 0.3) is 0 Å². The second kappa shape index (κ2) is 3.96. The molecule has 2 nitrogen and oxygen atoms in total. The molecule has 1 aliphatic heterocycles. The molecule has 1 saturated heterocycles. The van der Waals surface area contributed by atoms with Gasteiger partial charge in [0.2, 0.25) is 0 Å². The maximum absolute atomic E-state index is 12.2. The van der Waals surface area contributed by atoms with Crippen molar-refractivity contribution in [3.05, 3.63) is 11.5 Å². The van der Waals surface area contributed by atoms with Crippen LogP contribution in [0.1, 0.15) is 6.42 Å². The normalized spacial score (nSPS) is 25.0. The molecule has 0 aromatic heterocycles. The summed E-state index contributed by atoms with van der Waals surface area (Å²) in [5.74, 6) is -1.42. The molecule has 68 valence electrons. The SMILES string of the molecule is F[B-](F)(F)C1=CCC12OCCO2.[K+]. The van der Waals surface area contributed by atoms with Gasteiger partial charge in [-0.25, -0.2) is 0 Å². The van der Waals surface area contributed by atoms with E-state index in [4.69, 9.17) is 9.47 Å². The van der Waals surface area contributed by atoms with E-state index < -0.39 is 18.2 Å². The zero-order chi connectivity index (χ0) is 8.82. The van der Waals surface area contributed by atoms with Crippen molar-refractivity contribution < 1.29 is 73.8 Å². The number of hydrogen-bond donors (Lipinski definition) is 0. The van der Waals surface area contributed by atoms with Crippen molar-refractivity contribution in [3.8, 4) is 0 Å². The van der Waals surface area contributed by atoms with Crippen molar-refractivity contribution in [1.82, 2.24) is 0 Å². The second-order valence-corrected chi connectivity index (χ2v) is 2.89. The summed E-state index contributed by atoms with van der Waals surface area (Å²) in [6, 6.07) is 0. The van der Waals surface area contributed by atoms with Crippen molar-refractivity contribution in [2.24, 2.45) is 0 Å². The maximum atomic E-state index is 12.2. The molecule has 0 atom stereocenters. The van der Waals surface area contributed by atoms with Gasteiger partial charge in [0.15, 0.2) is 5.79 Å². The van der Waals surface area contributed by atoms with Crippen molar-refractivity contribution in [2.75, 3.05) is 13.2 Å². The first-order valence-corrected chi connectivity index (χ1v) is 3.73. The van der Waals surface area contributed by atoms with Gasteiger partial charge in [0.1, 0.15) is 0 Å². The Morgan fingerprint density at radius 1 is 1.23 bits per heavy atom. The van der Waals surface area contributed by atoms with Gasteiger partial charge in [-0.15, -0.1) is 6.08 Å². The monoisotopic (exact) mass is 218 g/mol. The van der Waals surface area contributed by atoms with E-state index in [9.17, 15) is 12.9 Å². The molecular weight excluding hydrogens is 211 g/mol. The van der Waals surface area contributed by atoms with E-state index in [2.05, 4.69) is 0 Å². The first-order valence-electron chi connectivity index (χ1n) is 3.73. The summed E-state index contributed by atoms with van der Waals surface area (Å²) in [6.07, 6.45) is 1.36. The largest absolute Gasteiger partial charge is 1.00 e. The minimum atomic E-state index is -4.94. The molecule has 0 radical (unpaired) electrons. The van der Waals surface area contributed by atoms with Crippen LogP contribution in [-0.2, 0) is 9.47 Å². The van der Waals surface area contributed by atoms with Crippen molar-refractivity contribution in [3.63, 3.8) is 0 Å². The zero-order valence-electron chi connectivity index (χ0n) is 7.23. The van der Waals surface area contributed by atoms with Crippen LogP contribution in [-0.4, -0.2) is 26.0 Å². The van der Waals surface area contributed by atoms with E-state index in [1.54, 1.807) is 0 Å². The Morgan fingerprint density at radius 2 is 1.77 bits per heavy atom. The van der Waals surface area contributed by atoms with Crippen molar-refractivity contribution in [2.45, 2.75) is 12.2 Å². The Labute approximate surface area is 116 Å². The third kappa shape index (κ3) is 2.06. The Morgan fingerprint density at radius 3 is 2.08 bits per heavy atom. The fraction of sp³-hybridized carbons (Fsp3) is 0.667. The summed E-state index contributed by atoms with van der Waals surface area (Å²) < 4.78 is 46.5. The predicted octanol–water partition coefficient (Wildman–Crippen LogP) is -1.55. The van der Waals surface area contributed by atoms with E-state index in [-0.39, 0.29) is 71.0 Å². The van der Waals surface area contributed by atoms with Crippen LogP contribution in [0.4, 0.5) is 12.9 Å². The van der Waals surface area contributed by atoms with Crippen molar-refractivity contribution >= 4 is 6.98 Å². The standard InChI is InChI=1S/C6H7BF3O2.K/c8-7(9,10)5-1-2-6(5)11-3-4-12-6;/h1H,2-4H2;/q-1;+1. The first-order chi connectivity index (χ1) is 5.55. The average Bonchev–Trinajstić information content (AvgIpc) is 2.28. The van der Waals surface area contributed by atoms with Crippen LogP contribution in [0, 0.1) is 0 Å². The molecule has 7 heteroatoms. The topological polar surface area (TPSA) is 18.5 Å². The molecule has 1 fully saturated rings. The molecule has 0 aromatic carbocycles. The van der Waals surface area contributed by atoms with Crippen molar-refractivity contribution in [1.29, 1.82) is 0 Å². The fourth-order valence-corrected chi connectivity index (χ4v) is 1.51. The summed E-state index contributed by atoms with van der Waals surface area (Å²) in [5.41, 5.74) is -0.625. The Bertz CT molecular complexity index is 235. The molecule has 2 aliphatic rings. The molecule has 1 spiro atoms. The number of halogens is 3. The van der Waals surface area contributed by atoms with Crippen LogP contribution in [0.2, 0.25) is 0 Å². The van der Waals surface area contributed by atoms with E-state index in [0.29, 0.717) is 0 Å². The first kappa shape index (κ1) is 12.2. The van der Waals surface area contributed by atoms with Crippen LogP contribution in [0.5, 0.6) is 0 Å². The number of ether oxygens (including phenoxy) is 2. The maximum Gasteiger partial charge on any atom is 1.00 e. The molecule has 2 rings (SSSR count). The van der Waals surface area contributed by atoms with E-state index in [1.165, 1.54) is 0 Å². The van der Waals surface area contributed by atoms with Gasteiger partial charge in [-0.1, -0.05) is 5.47 Å². The summed E-state index contributed by atoms with van der Waals surface area (Å²) in [4.78, 5) is 0. The second-order valence-electron chi connectivity index (χ2n) is 2.89. The number of rotatable bonds is 1. The Kier molecular flexibility index (Phi) is 3.72. The molecule has 0 N–H and O–H groups in total. The average molecular weight is 218 g/mol. The Hall–Kier alpha value is 1.15. The van der Waals surface area contributed by atoms with Gasteiger partial charge in [-0.2, -0.15) is 0 Å². The van der Waals surface area contributed by atoms with Crippen LogP contribution >= 0.6 is 0 Å². The fourth-order valence-electron chi connectivity index (χ4n) is 1.51. The Balaban J connectivity index is 0.000000845. The van der Waals surface area contributed by atoms with Gasteiger partial charge in [-0.05, 0) is 0 Å². The smallest absolute Gasteiger partial charge is 0.445 e. The van der Waals surface area contributed by atoms with Gasteiger partial charge < -0.3 is 22.4 Å². The molecule has 0 amide bonds. The zero-order valence-corrected chi connectivity index (χ0v) is 10.3. The van der Waals surface area contributed by atoms with E-state index in [1.807, 2.05) is 0 Å². The van der Waals surface area contributed by atoms with Gasteiger partial charge >= 0.3 is 58.4 Å². The minimum absolute atomic E-state index is 0. The molecule has 0 saturated carbocycles. The van der Waals surface area contributed by atoms with E-state index >= 15 is 0 Å². The third-order valence-corrected chi connectivity index (χ3v) is 2.14. The summed E-state index contributed by atoms with van der Waals surface area (Å²) in [5, 5.41) is 0. The molecule has 0 unspecified atom stereocenters. The van der Waals surface area contributed by atoms with Crippen LogP contribution < -0.4 is 51.4 Å². The van der Waals surface area contributed by atoms with Crippen LogP contribution in [0.15, 0.2) is 11.5 Å². The molecular formula is C6H7BF3KO2. The van der Waals surface area contributed by atoms with Gasteiger partial charge in [0.05, 0.1) is 13.2 Å². The van der Waals surface area contributed by atoms with Crippen LogP contribution in [0.25, 0.3) is 0 Å². The summed E-state index contributed by atoms with van der Waals surface area (Å²) in [7, 11) is 0. The predicted molar refractivity (Wildman–Crippen MR) is 36.4 cm³/mol. The molecule has 0 bridgehead atoms. The molecule has 1 aliphatic carbocycles. The molecule has 0 aromatic rings. The molecule has 13 heavy (non-hydrogen) atoms. The summed E-state index contributed by atoms with van der Waals surface area (Å²) in [6.45, 7) is -4.43. The minimum Gasteiger partial charge on any atom is -0.445 e. The van der Waals surface area contributed by atoms with E-state index in [0.717, 1.165) is 6.08 Å². The number of hydrogen-bond acceptors (Lipinski definition) is 2. The quantitative estimate of drug-likeness (QED) is 0.496. The third-order valence-electron chi connectivity index (χ3n) is 2.14. The summed E-state index contributed by atoms with van der Waals surface area (Å²) >= 11 is 0.